The standard InChI is InChI=1S/C41H48N12O6/c1-48-15-16-52(41(48)59)28-3-2-12-50(23-28)33-19-44-35(36(42)55)37(46-33)45-26-4-7-31(43-18-26)25-10-13-49(14-11-25)20-24-21-51(22-24)27-5-6-29-30(17-27)40(58)53(39(29)57)32-8-9-34(54)47-38(32)56/h4-7,17-19,24-25,28,32H,2-3,8-16,20-23H2,1H3,(H2,42,55)(H,45,46)(H,47,54,56)/t28-,32-/m1/s1. The zero-order valence-corrected chi connectivity index (χ0v) is 33.0. The number of carbonyl (C=O) groups excluding carboxylic acids is 6. The van der Waals surface area contributed by atoms with Gasteiger partial charge in [-0.25, -0.2) is 14.8 Å². The van der Waals surface area contributed by atoms with E-state index in [4.69, 9.17) is 15.7 Å². The van der Waals surface area contributed by atoms with Gasteiger partial charge < -0.3 is 35.6 Å². The Morgan fingerprint density at radius 1 is 0.864 bits per heavy atom. The summed E-state index contributed by atoms with van der Waals surface area (Å²) in [4.78, 5) is 101. The molecule has 0 spiro atoms. The summed E-state index contributed by atoms with van der Waals surface area (Å²) >= 11 is 0. The highest BCUT2D eigenvalue weighted by atomic mass is 16.2. The lowest BCUT2D eigenvalue weighted by atomic mass is 9.91. The zero-order valence-electron chi connectivity index (χ0n) is 33.0. The van der Waals surface area contributed by atoms with Crippen LogP contribution in [0, 0.1) is 5.92 Å². The van der Waals surface area contributed by atoms with E-state index in [-0.39, 0.29) is 42.0 Å². The predicted octanol–water partition coefficient (Wildman–Crippen LogP) is 1.77. The summed E-state index contributed by atoms with van der Waals surface area (Å²) in [7, 11) is 1.82. The second-order valence-electron chi connectivity index (χ2n) is 16.5. The number of imide groups is 2. The third-order valence-electron chi connectivity index (χ3n) is 12.7. The summed E-state index contributed by atoms with van der Waals surface area (Å²) in [6.45, 7) is 7.40. The van der Waals surface area contributed by atoms with Gasteiger partial charge in [-0.15, -0.1) is 0 Å². The Labute approximate surface area is 341 Å². The molecule has 6 aliphatic rings. The van der Waals surface area contributed by atoms with Crippen molar-refractivity contribution in [2.75, 3.05) is 81.1 Å². The quantitative estimate of drug-likeness (QED) is 0.250. The molecule has 4 N–H and O–H groups in total. The van der Waals surface area contributed by atoms with Gasteiger partial charge in [0.1, 0.15) is 11.9 Å². The van der Waals surface area contributed by atoms with E-state index in [9.17, 15) is 28.8 Å². The van der Waals surface area contributed by atoms with E-state index in [2.05, 4.69) is 30.3 Å². The first-order chi connectivity index (χ1) is 28.5. The molecule has 2 atom stereocenters. The van der Waals surface area contributed by atoms with Crippen molar-refractivity contribution in [1.82, 2.24) is 39.9 Å². The first-order valence-corrected chi connectivity index (χ1v) is 20.5. The van der Waals surface area contributed by atoms with E-state index in [1.165, 1.54) is 0 Å². The van der Waals surface area contributed by atoms with Crippen molar-refractivity contribution >= 4 is 58.6 Å². The van der Waals surface area contributed by atoms with Crippen molar-refractivity contribution in [3.8, 4) is 0 Å². The molecule has 9 rings (SSSR count). The van der Waals surface area contributed by atoms with E-state index < -0.39 is 35.6 Å². The number of nitrogens with zero attached hydrogens (tertiary/aromatic N) is 9. The minimum absolute atomic E-state index is 0.0434. The van der Waals surface area contributed by atoms with Crippen molar-refractivity contribution in [2.24, 2.45) is 11.7 Å². The van der Waals surface area contributed by atoms with Crippen LogP contribution in [0.3, 0.4) is 0 Å². The number of benzene rings is 1. The number of hydrogen-bond donors (Lipinski definition) is 3. The highest BCUT2D eigenvalue weighted by molar-refractivity contribution is 6.23. The van der Waals surface area contributed by atoms with Gasteiger partial charge >= 0.3 is 6.03 Å². The van der Waals surface area contributed by atoms with Gasteiger partial charge in [0, 0.05) is 82.5 Å². The van der Waals surface area contributed by atoms with Crippen LogP contribution in [0.15, 0.2) is 42.7 Å². The maximum Gasteiger partial charge on any atom is 0.320 e. The molecule has 0 radical (unpaired) electrons. The van der Waals surface area contributed by atoms with Crippen LogP contribution in [-0.2, 0) is 9.59 Å². The lowest BCUT2D eigenvalue weighted by Crippen LogP contribution is -2.54. The van der Waals surface area contributed by atoms with Crippen molar-refractivity contribution in [1.29, 1.82) is 0 Å². The monoisotopic (exact) mass is 804 g/mol. The highest BCUT2D eigenvalue weighted by Gasteiger charge is 2.45. The fourth-order valence-corrected chi connectivity index (χ4v) is 9.41. The topological polar surface area (TPSA) is 211 Å². The molecule has 5 fully saturated rings. The molecule has 59 heavy (non-hydrogen) atoms. The second-order valence-corrected chi connectivity index (χ2v) is 16.5. The van der Waals surface area contributed by atoms with Crippen LogP contribution in [0.25, 0.3) is 0 Å². The predicted molar refractivity (Wildman–Crippen MR) is 215 cm³/mol. The number of nitrogens with two attached hydrogens (primary N) is 1. The summed E-state index contributed by atoms with van der Waals surface area (Å²) in [6, 6.07) is 8.39. The van der Waals surface area contributed by atoms with E-state index in [0.717, 1.165) is 87.8 Å². The van der Waals surface area contributed by atoms with Gasteiger partial charge in [0.05, 0.1) is 35.2 Å². The van der Waals surface area contributed by atoms with Gasteiger partial charge in [0.15, 0.2) is 11.5 Å². The van der Waals surface area contributed by atoms with E-state index in [1.54, 1.807) is 29.4 Å². The Kier molecular flexibility index (Phi) is 10.1. The maximum atomic E-state index is 13.3. The molecule has 8 heterocycles. The van der Waals surface area contributed by atoms with E-state index >= 15 is 0 Å². The summed E-state index contributed by atoms with van der Waals surface area (Å²) in [5.74, 6) is -1.01. The highest BCUT2D eigenvalue weighted by Crippen LogP contribution is 2.35. The first kappa shape index (κ1) is 38.4. The van der Waals surface area contributed by atoms with Crippen LogP contribution in [-0.4, -0.2) is 148 Å². The minimum atomic E-state index is -0.979. The van der Waals surface area contributed by atoms with Gasteiger partial charge in [0.25, 0.3) is 17.7 Å². The number of urea groups is 1. The smallest absolute Gasteiger partial charge is 0.320 e. The van der Waals surface area contributed by atoms with Crippen molar-refractivity contribution in [2.45, 2.75) is 56.5 Å². The molecular weight excluding hydrogens is 757 g/mol. The lowest BCUT2D eigenvalue weighted by Gasteiger charge is -2.44. The largest absolute Gasteiger partial charge is 0.371 e. The Morgan fingerprint density at radius 3 is 2.37 bits per heavy atom. The molecule has 2 aromatic heterocycles. The number of piperidine rings is 3. The fourth-order valence-electron chi connectivity index (χ4n) is 9.41. The van der Waals surface area contributed by atoms with Gasteiger partial charge in [-0.05, 0) is 75.5 Å². The van der Waals surface area contributed by atoms with Crippen molar-refractivity contribution in [3.63, 3.8) is 0 Å². The van der Waals surface area contributed by atoms with E-state index in [1.807, 2.05) is 30.1 Å². The number of aromatic nitrogens is 3. The van der Waals surface area contributed by atoms with Crippen LogP contribution in [0.5, 0.6) is 0 Å². The fraction of sp³-hybridized carbons (Fsp3) is 0.488. The average molecular weight is 805 g/mol. The number of primary amides is 1. The number of anilines is 4. The average Bonchev–Trinajstić information content (AvgIpc) is 3.69. The summed E-state index contributed by atoms with van der Waals surface area (Å²) in [5, 5.41) is 5.46. The third kappa shape index (κ3) is 7.41. The molecular formula is C41H48N12O6. The summed E-state index contributed by atoms with van der Waals surface area (Å²) < 4.78 is 0. The molecule has 6 aliphatic heterocycles. The molecule has 18 nitrogen and oxygen atoms in total. The van der Waals surface area contributed by atoms with Crippen LogP contribution in [0.1, 0.15) is 81.3 Å². The van der Waals surface area contributed by atoms with Crippen LogP contribution < -0.4 is 26.2 Å². The molecule has 0 aliphatic carbocycles. The number of likely N-dealkylation sites (tertiary alicyclic amines) is 1. The second kappa shape index (κ2) is 15.5. The van der Waals surface area contributed by atoms with Gasteiger partial charge in [-0.1, -0.05) is 0 Å². The molecule has 0 unspecified atom stereocenters. The minimum Gasteiger partial charge on any atom is -0.371 e. The number of rotatable bonds is 10. The SMILES string of the molecule is CN1CCN([C@@H]2CCCN(c3cnc(C(N)=O)c(Nc4ccc(C5CCN(CC6CN(c7ccc8c(c7)C(=O)N([C@@H]7CCC(=O)NC7=O)C8=O)C6)CC5)nc4)n3)C2)C1=O. The number of hydrogen-bond acceptors (Lipinski definition) is 13. The molecule has 18 heteroatoms. The number of nitrogens with one attached hydrogen (secondary N) is 2. The molecule has 0 saturated carbocycles. The van der Waals surface area contributed by atoms with Gasteiger partial charge in [0.2, 0.25) is 11.8 Å². The first-order valence-electron chi connectivity index (χ1n) is 20.5. The Hall–Kier alpha value is -6.17. The number of carbonyl (C=O) groups is 6. The normalized spacial score (nSPS) is 23.2. The molecule has 3 aromatic rings. The zero-order chi connectivity index (χ0) is 40.9. The van der Waals surface area contributed by atoms with Gasteiger partial charge in [-0.3, -0.25) is 39.2 Å². The number of amides is 7. The Balaban J connectivity index is 0.760. The molecule has 308 valence electrons. The van der Waals surface area contributed by atoms with Crippen LogP contribution >= 0.6 is 0 Å². The summed E-state index contributed by atoms with van der Waals surface area (Å²) in [6.07, 6.45) is 7.34. The maximum absolute atomic E-state index is 13.3. The Morgan fingerprint density at radius 2 is 1.66 bits per heavy atom. The van der Waals surface area contributed by atoms with Crippen molar-refractivity contribution < 1.29 is 28.8 Å². The Bertz CT molecular complexity index is 2200. The molecule has 0 bridgehead atoms. The van der Waals surface area contributed by atoms with Crippen molar-refractivity contribution in [3.05, 3.63) is 65.2 Å². The number of fused-ring (bicyclic) bond motifs is 1. The molecule has 5 saturated heterocycles. The van der Waals surface area contributed by atoms with Gasteiger partial charge in [-0.2, -0.15) is 0 Å². The van der Waals surface area contributed by atoms with Crippen LogP contribution in [0.4, 0.5) is 27.8 Å². The molecule has 7 amide bonds. The lowest BCUT2D eigenvalue weighted by molar-refractivity contribution is -0.136. The third-order valence-corrected chi connectivity index (χ3v) is 12.7. The van der Waals surface area contributed by atoms with E-state index in [0.29, 0.717) is 42.0 Å². The number of likely N-dealkylation sites (N-methyl/N-ethyl adjacent to an activating group) is 1. The number of pyridine rings is 1. The summed E-state index contributed by atoms with van der Waals surface area (Å²) in [5.41, 5.74) is 8.88. The molecule has 1 aromatic carbocycles. The van der Waals surface area contributed by atoms with Crippen LogP contribution in [0.2, 0.25) is 0 Å².